The summed E-state index contributed by atoms with van der Waals surface area (Å²) in [6, 6.07) is 14.5. The number of hydrogen-bond donors (Lipinski definition) is 1. The molecule has 1 amide bonds. The Morgan fingerprint density at radius 1 is 1.03 bits per heavy atom. The molecule has 34 heavy (non-hydrogen) atoms. The number of amides is 1. The van der Waals surface area contributed by atoms with Gasteiger partial charge in [0.2, 0.25) is 10.0 Å². The Morgan fingerprint density at radius 2 is 1.71 bits per heavy atom. The molecule has 1 N–H and O–H groups in total. The van der Waals surface area contributed by atoms with Gasteiger partial charge in [-0.05, 0) is 74.3 Å². The van der Waals surface area contributed by atoms with Crippen LogP contribution in [0.1, 0.15) is 55.3 Å². The minimum atomic E-state index is -3.57. The highest BCUT2D eigenvalue weighted by molar-refractivity contribution is 7.89. The van der Waals surface area contributed by atoms with Gasteiger partial charge in [-0.1, -0.05) is 36.4 Å². The third-order valence-corrected chi connectivity index (χ3v) is 8.68. The van der Waals surface area contributed by atoms with Crippen LogP contribution in [0.3, 0.4) is 0 Å². The van der Waals surface area contributed by atoms with Crippen LogP contribution < -0.4 is 5.32 Å². The first-order valence-corrected chi connectivity index (χ1v) is 13.4. The SMILES string of the molecule is CC(NC(=O)COC(=O)C1CCN(S(=O)(=O)c2ccccc2)CC1)c1ccc2c(c1)CCCC2. The fourth-order valence-corrected chi connectivity index (χ4v) is 6.21. The lowest BCUT2D eigenvalue weighted by atomic mass is 9.89. The molecule has 1 aliphatic carbocycles. The minimum Gasteiger partial charge on any atom is -0.455 e. The first-order valence-electron chi connectivity index (χ1n) is 12.0. The molecule has 2 aromatic rings. The molecular formula is C26H32N2O5S. The van der Waals surface area contributed by atoms with Crippen LogP contribution in [0, 0.1) is 5.92 Å². The van der Waals surface area contributed by atoms with Crippen LogP contribution in [0.15, 0.2) is 53.4 Å². The highest BCUT2D eigenvalue weighted by Crippen LogP contribution is 2.26. The number of fused-ring (bicyclic) bond motifs is 1. The Balaban J connectivity index is 1.23. The molecule has 1 saturated heterocycles. The fraction of sp³-hybridized carbons (Fsp3) is 0.462. The minimum absolute atomic E-state index is 0.176. The Kier molecular flexibility index (Phi) is 7.68. The maximum atomic E-state index is 12.7. The van der Waals surface area contributed by atoms with Crippen LogP contribution in [0.2, 0.25) is 0 Å². The summed E-state index contributed by atoms with van der Waals surface area (Å²) in [5.74, 6) is -1.20. The molecule has 2 aromatic carbocycles. The molecule has 0 aromatic heterocycles. The summed E-state index contributed by atoms with van der Waals surface area (Å²) < 4.78 is 32.1. The maximum Gasteiger partial charge on any atom is 0.309 e. The number of sulfonamides is 1. The summed E-state index contributed by atoms with van der Waals surface area (Å²) in [7, 11) is -3.57. The van der Waals surface area contributed by atoms with Gasteiger partial charge in [-0.3, -0.25) is 9.59 Å². The largest absolute Gasteiger partial charge is 0.455 e. The predicted molar refractivity (Wildman–Crippen MR) is 129 cm³/mol. The molecule has 0 bridgehead atoms. The van der Waals surface area contributed by atoms with E-state index in [1.807, 2.05) is 6.92 Å². The third-order valence-electron chi connectivity index (χ3n) is 6.76. The molecule has 1 unspecified atom stereocenters. The molecule has 7 nitrogen and oxygen atoms in total. The number of ether oxygens (including phenoxy) is 1. The number of nitrogens with zero attached hydrogens (tertiary/aromatic N) is 1. The zero-order valence-corrected chi connectivity index (χ0v) is 20.4. The summed E-state index contributed by atoms with van der Waals surface area (Å²) in [6.07, 6.45) is 5.36. The van der Waals surface area contributed by atoms with Gasteiger partial charge in [0.25, 0.3) is 5.91 Å². The average Bonchev–Trinajstić information content (AvgIpc) is 2.87. The van der Waals surface area contributed by atoms with E-state index in [1.54, 1.807) is 30.3 Å². The molecule has 2 aliphatic rings. The highest BCUT2D eigenvalue weighted by Gasteiger charge is 2.33. The Hall–Kier alpha value is -2.71. The molecule has 1 heterocycles. The van der Waals surface area contributed by atoms with Gasteiger partial charge in [-0.15, -0.1) is 0 Å². The molecule has 182 valence electrons. The Labute approximate surface area is 201 Å². The number of hydrogen-bond acceptors (Lipinski definition) is 5. The van der Waals surface area contributed by atoms with Crippen molar-refractivity contribution in [1.29, 1.82) is 0 Å². The normalized spacial score (nSPS) is 18.0. The van der Waals surface area contributed by atoms with E-state index in [0.717, 1.165) is 18.4 Å². The van der Waals surface area contributed by atoms with Crippen molar-refractivity contribution in [3.05, 3.63) is 65.2 Å². The van der Waals surface area contributed by atoms with Crippen LogP contribution >= 0.6 is 0 Å². The van der Waals surface area contributed by atoms with Crippen LogP contribution in [0.5, 0.6) is 0 Å². The van der Waals surface area contributed by atoms with Crippen LogP contribution in [-0.4, -0.2) is 44.3 Å². The summed E-state index contributed by atoms with van der Waals surface area (Å²) in [4.78, 5) is 25.1. The van der Waals surface area contributed by atoms with E-state index in [2.05, 4.69) is 23.5 Å². The van der Waals surface area contributed by atoms with E-state index in [-0.39, 0.29) is 36.5 Å². The quantitative estimate of drug-likeness (QED) is 0.608. The van der Waals surface area contributed by atoms with Gasteiger partial charge >= 0.3 is 5.97 Å². The van der Waals surface area contributed by atoms with Crippen molar-refractivity contribution in [3.8, 4) is 0 Å². The second kappa shape index (κ2) is 10.7. The van der Waals surface area contributed by atoms with Crippen molar-refractivity contribution in [3.63, 3.8) is 0 Å². The summed E-state index contributed by atoms with van der Waals surface area (Å²) in [5, 5.41) is 2.90. The van der Waals surface area contributed by atoms with Gasteiger partial charge in [-0.2, -0.15) is 4.31 Å². The molecule has 1 aliphatic heterocycles. The first-order chi connectivity index (χ1) is 16.3. The van der Waals surface area contributed by atoms with E-state index in [1.165, 1.54) is 28.3 Å². The number of aryl methyl sites for hydroxylation is 2. The molecule has 0 saturated carbocycles. The van der Waals surface area contributed by atoms with E-state index in [0.29, 0.717) is 12.8 Å². The van der Waals surface area contributed by atoms with Gasteiger partial charge in [0.1, 0.15) is 0 Å². The average molecular weight is 485 g/mol. The molecule has 0 spiro atoms. The zero-order valence-electron chi connectivity index (χ0n) is 19.5. The number of carbonyl (C=O) groups excluding carboxylic acids is 2. The van der Waals surface area contributed by atoms with Gasteiger partial charge in [0, 0.05) is 13.1 Å². The number of nitrogens with one attached hydrogen (secondary N) is 1. The monoisotopic (exact) mass is 484 g/mol. The number of benzene rings is 2. The van der Waals surface area contributed by atoms with E-state index < -0.39 is 21.9 Å². The lowest BCUT2D eigenvalue weighted by Crippen LogP contribution is -2.41. The predicted octanol–water partition coefficient (Wildman–Crippen LogP) is 3.39. The number of carbonyl (C=O) groups is 2. The molecule has 1 atom stereocenters. The highest BCUT2D eigenvalue weighted by atomic mass is 32.2. The van der Waals surface area contributed by atoms with E-state index in [9.17, 15) is 18.0 Å². The van der Waals surface area contributed by atoms with Crippen LogP contribution in [0.4, 0.5) is 0 Å². The van der Waals surface area contributed by atoms with Gasteiger partial charge in [0.15, 0.2) is 6.61 Å². The van der Waals surface area contributed by atoms with Crippen molar-refractivity contribution in [2.75, 3.05) is 19.7 Å². The molecule has 4 rings (SSSR count). The van der Waals surface area contributed by atoms with Gasteiger partial charge in [0.05, 0.1) is 16.9 Å². The fourth-order valence-electron chi connectivity index (χ4n) is 4.72. The van der Waals surface area contributed by atoms with Crippen molar-refractivity contribution in [1.82, 2.24) is 9.62 Å². The third kappa shape index (κ3) is 5.67. The second-order valence-corrected chi connectivity index (χ2v) is 11.1. The Bertz CT molecular complexity index is 1130. The topological polar surface area (TPSA) is 92.8 Å². The Morgan fingerprint density at radius 3 is 2.41 bits per heavy atom. The molecule has 8 heteroatoms. The van der Waals surface area contributed by atoms with Crippen molar-refractivity contribution < 1.29 is 22.7 Å². The first kappa shape index (κ1) is 24.4. The lowest BCUT2D eigenvalue weighted by molar-refractivity contribution is -0.153. The van der Waals surface area contributed by atoms with Crippen LogP contribution in [-0.2, 0) is 37.2 Å². The van der Waals surface area contributed by atoms with Crippen molar-refractivity contribution in [2.24, 2.45) is 5.92 Å². The van der Waals surface area contributed by atoms with Gasteiger partial charge in [-0.25, -0.2) is 8.42 Å². The number of piperidine rings is 1. The maximum absolute atomic E-state index is 12.7. The van der Waals surface area contributed by atoms with E-state index >= 15 is 0 Å². The number of esters is 1. The standard InChI is InChI=1S/C26H32N2O5S/c1-19(22-12-11-20-7-5-6-8-23(20)17-22)27-25(29)18-33-26(30)21-13-15-28(16-14-21)34(31,32)24-9-3-2-4-10-24/h2-4,9-12,17,19,21H,5-8,13-16,18H2,1H3,(H,27,29). The van der Waals surface area contributed by atoms with E-state index in [4.69, 9.17) is 4.74 Å². The summed E-state index contributed by atoms with van der Waals surface area (Å²) in [6.45, 7) is 2.08. The zero-order chi connectivity index (χ0) is 24.1. The van der Waals surface area contributed by atoms with Crippen molar-refractivity contribution in [2.45, 2.75) is 56.4 Å². The second-order valence-electron chi connectivity index (χ2n) is 9.12. The smallest absolute Gasteiger partial charge is 0.309 e. The summed E-state index contributed by atoms with van der Waals surface area (Å²) in [5.41, 5.74) is 3.80. The lowest BCUT2D eigenvalue weighted by Gasteiger charge is -2.30. The van der Waals surface area contributed by atoms with Gasteiger partial charge < -0.3 is 10.1 Å². The van der Waals surface area contributed by atoms with Crippen LogP contribution in [0.25, 0.3) is 0 Å². The summed E-state index contributed by atoms with van der Waals surface area (Å²) >= 11 is 0. The molecular weight excluding hydrogens is 452 g/mol. The number of rotatable bonds is 7. The molecule has 0 radical (unpaired) electrons. The molecule has 1 fully saturated rings. The van der Waals surface area contributed by atoms with Crippen molar-refractivity contribution >= 4 is 21.9 Å².